The summed E-state index contributed by atoms with van der Waals surface area (Å²) in [5, 5.41) is 8.10. The van der Waals surface area contributed by atoms with Gasteiger partial charge in [0.05, 0.1) is 11.9 Å². The molecule has 4 aromatic rings. The van der Waals surface area contributed by atoms with E-state index in [1.807, 2.05) is 41.2 Å². The van der Waals surface area contributed by atoms with Crippen molar-refractivity contribution in [1.29, 1.82) is 0 Å². The summed E-state index contributed by atoms with van der Waals surface area (Å²) in [6.07, 6.45) is 8.89. The molecule has 0 aliphatic rings. The quantitative estimate of drug-likeness (QED) is 0.519. The number of nitrogens with one attached hydrogen (secondary N) is 1. The maximum Gasteiger partial charge on any atom is 0.161 e. The fourth-order valence-corrected chi connectivity index (χ4v) is 3.13. The van der Waals surface area contributed by atoms with Crippen LogP contribution in [0.3, 0.4) is 0 Å². The standard InChI is InChI=1S/C22H23N5/c1-2-3-9-19-16-25-27-21(24-15-17-8-7-12-23-14-17)13-20(26-22(19)27)18-10-5-4-6-11-18/h4-8,10-14,16,24H,2-3,9,15H2,1H3. The van der Waals surface area contributed by atoms with E-state index < -0.39 is 0 Å². The average molecular weight is 357 g/mol. The van der Waals surface area contributed by atoms with Gasteiger partial charge in [0.15, 0.2) is 5.65 Å². The molecule has 0 spiro atoms. The molecule has 5 nitrogen and oxygen atoms in total. The van der Waals surface area contributed by atoms with E-state index >= 15 is 0 Å². The van der Waals surface area contributed by atoms with E-state index in [0.29, 0.717) is 6.54 Å². The van der Waals surface area contributed by atoms with Gasteiger partial charge in [0.1, 0.15) is 5.82 Å². The van der Waals surface area contributed by atoms with E-state index in [-0.39, 0.29) is 0 Å². The monoisotopic (exact) mass is 357 g/mol. The average Bonchev–Trinajstić information content (AvgIpc) is 3.15. The molecule has 0 fully saturated rings. The molecule has 0 bridgehead atoms. The molecule has 0 amide bonds. The van der Waals surface area contributed by atoms with Crippen LogP contribution in [0, 0.1) is 0 Å². The Morgan fingerprint density at radius 3 is 2.70 bits per heavy atom. The molecule has 27 heavy (non-hydrogen) atoms. The Kier molecular flexibility index (Phi) is 5.10. The summed E-state index contributed by atoms with van der Waals surface area (Å²) in [4.78, 5) is 9.11. The van der Waals surface area contributed by atoms with Gasteiger partial charge in [-0.3, -0.25) is 4.98 Å². The van der Waals surface area contributed by atoms with E-state index in [2.05, 4.69) is 46.6 Å². The number of benzene rings is 1. The first-order chi connectivity index (χ1) is 13.3. The lowest BCUT2D eigenvalue weighted by Gasteiger charge is -2.11. The Labute approximate surface area is 159 Å². The van der Waals surface area contributed by atoms with E-state index in [1.165, 1.54) is 5.56 Å². The number of aryl methyl sites for hydroxylation is 1. The summed E-state index contributed by atoms with van der Waals surface area (Å²) in [5.41, 5.74) is 5.31. The highest BCUT2D eigenvalue weighted by Crippen LogP contribution is 2.24. The molecule has 3 heterocycles. The molecule has 0 saturated heterocycles. The van der Waals surface area contributed by atoms with Crippen molar-refractivity contribution < 1.29 is 0 Å². The zero-order valence-electron chi connectivity index (χ0n) is 15.5. The molecule has 0 radical (unpaired) electrons. The van der Waals surface area contributed by atoms with Crippen LogP contribution in [0.15, 0.2) is 67.1 Å². The van der Waals surface area contributed by atoms with E-state index in [9.17, 15) is 0 Å². The highest BCUT2D eigenvalue weighted by molar-refractivity contribution is 5.67. The van der Waals surface area contributed by atoms with Crippen LogP contribution in [0.4, 0.5) is 5.82 Å². The summed E-state index contributed by atoms with van der Waals surface area (Å²) < 4.78 is 1.91. The van der Waals surface area contributed by atoms with Gasteiger partial charge in [0.25, 0.3) is 0 Å². The van der Waals surface area contributed by atoms with Gasteiger partial charge in [-0.2, -0.15) is 9.61 Å². The van der Waals surface area contributed by atoms with Gasteiger partial charge in [0.2, 0.25) is 0 Å². The van der Waals surface area contributed by atoms with Crippen molar-refractivity contribution in [2.24, 2.45) is 0 Å². The van der Waals surface area contributed by atoms with Crippen molar-refractivity contribution >= 4 is 11.5 Å². The van der Waals surface area contributed by atoms with Crippen LogP contribution in [0.1, 0.15) is 30.9 Å². The second-order valence-corrected chi connectivity index (χ2v) is 6.62. The zero-order valence-corrected chi connectivity index (χ0v) is 15.5. The van der Waals surface area contributed by atoms with Crippen LogP contribution >= 0.6 is 0 Å². The SMILES string of the molecule is CCCCc1cnn2c(NCc3cccnc3)cc(-c3ccccc3)nc12. The molecular weight excluding hydrogens is 334 g/mol. The molecule has 0 aliphatic heterocycles. The minimum atomic E-state index is 0.686. The Balaban J connectivity index is 1.74. The zero-order chi connectivity index (χ0) is 18.5. The maximum atomic E-state index is 4.92. The predicted octanol–water partition coefficient (Wildman–Crippen LogP) is 4.75. The van der Waals surface area contributed by atoms with Crippen LogP contribution in [0.25, 0.3) is 16.9 Å². The van der Waals surface area contributed by atoms with Crippen molar-refractivity contribution in [2.75, 3.05) is 5.32 Å². The molecule has 5 heteroatoms. The van der Waals surface area contributed by atoms with Gasteiger partial charge in [-0.05, 0) is 24.5 Å². The van der Waals surface area contributed by atoms with Crippen LogP contribution in [-0.4, -0.2) is 19.6 Å². The largest absolute Gasteiger partial charge is 0.366 e. The molecule has 1 N–H and O–H groups in total. The molecule has 136 valence electrons. The minimum absolute atomic E-state index is 0.686. The third kappa shape index (κ3) is 3.82. The Bertz CT molecular complexity index is 1010. The first kappa shape index (κ1) is 17.2. The second-order valence-electron chi connectivity index (χ2n) is 6.62. The molecule has 0 saturated carbocycles. The van der Waals surface area contributed by atoms with Crippen LogP contribution in [0.2, 0.25) is 0 Å². The number of anilines is 1. The van der Waals surface area contributed by atoms with Gasteiger partial charge in [0, 0.05) is 36.1 Å². The first-order valence-electron chi connectivity index (χ1n) is 9.41. The fraction of sp³-hybridized carbons (Fsp3) is 0.227. The smallest absolute Gasteiger partial charge is 0.161 e. The van der Waals surface area contributed by atoms with Gasteiger partial charge in [-0.15, -0.1) is 0 Å². The Morgan fingerprint density at radius 2 is 1.93 bits per heavy atom. The van der Waals surface area contributed by atoms with E-state index in [4.69, 9.17) is 4.98 Å². The minimum Gasteiger partial charge on any atom is -0.366 e. The van der Waals surface area contributed by atoms with Crippen LogP contribution in [0.5, 0.6) is 0 Å². The lowest BCUT2D eigenvalue weighted by atomic mass is 10.1. The van der Waals surface area contributed by atoms with Crippen molar-refractivity contribution in [2.45, 2.75) is 32.7 Å². The third-order valence-corrected chi connectivity index (χ3v) is 4.61. The molecule has 0 unspecified atom stereocenters. The van der Waals surface area contributed by atoms with Crippen molar-refractivity contribution in [1.82, 2.24) is 19.6 Å². The van der Waals surface area contributed by atoms with Gasteiger partial charge < -0.3 is 5.32 Å². The first-order valence-corrected chi connectivity index (χ1v) is 9.41. The van der Waals surface area contributed by atoms with Crippen molar-refractivity contribution in [3.63, 3.8) is 0 Å². The fourth-order valence-electron chi connectivity index (χ4n) is 3.13. The lowest BCUT2D eigenvalue weighted by Crippen LogP contribution is -2.07. The summed E-state index contributed by atoms with van der Waals surface area (Å²) in [5.74, 6) is 0.936. The topological polar surface area (TPSA) is 55.1 Å². The molecule has 3 aromatic heterocycles. The molecule has 0 aliphatic carbocycles. The maximum absolute atomic E-state index is 4.92. The molecule has 4 rings (SSSR count). The van der Waals surface area contributed by atoms with Crippen LogP contribution in [-0.2, 0) is 13.0 Å². The number of pyridine rings is 1. The summed E-state index contributed by atoms with van der Waals surface area (Å²) in [7, 11) is 0. The van der Waals surface area contributed by atoms with Crippen molar-refractivity contribution in [3.8, 4) is 11.3 Å². The summed E-state index contributed by atoms with van der Waals surface area (Å²) in [6.45, 7) is 2.89. The molecule has 1 aromatic carbocycles. The number of hydrogen-bond acceptors (Lipinski definition) is 4. The summed E-state index contributed by atoms with van der Waals surface area (Å²) >= 11 is 0. The number of nitrogens with zero attached hydrogens (tertiary/aromatic N) is 4. The van der Waals surface area contributed by atoms with E-state index in [1.54, 1.807) is 6.20 Å². The Hall–Kier alpha value is -3.21. The number of aromatic nitrogens is 4. The third-order valence-electron chi connectivity index (χ3n) is 4.61. The molecular formula is C22H23N5. The van der Waals surface area contributed by atoms with E-state index in [0.717, 1.165) is 47.5 Å². The number of rotatable bonds is 7. The second kappa shape index (κ2) is 7.99. The highest BCUT2D eigenvalue weighted by atomic mass is 15.3. The van der Waals surface area contributed by atoms with Crippen molar-refractivity contribution in [3.05, 3.63) is 78.2 Å². The summed E-state index contributed by atoms with van der Waals surface area (Å²) in [6, 6.07) is 16.4. The van der Waals surface area contributed by atoms with Crippen LogP contribution < -0.4 is 5.32 Å². The molecule has 0 atom stereocenters. The number of unbranched alkanes of at least 4 members (excludes halogenated alkanes) is 1. The lowest BCUT2D eigenvalue weighted by molar-refractivity contribution is 0.797. The number of fused-ring (bicyclic) bond motifs is 1. The number of hydrogen-bond donors (Lipinski definition) is 1. The highest BCUT2D eigenvalue weighted by Gasteiger charge is 2.12. The van der Waals surface area contributed by atoms with Gasteiger partial charge in [-0.25, -0.2) is 4.98 Å². The van der Waals surface area contributed by atoms with Gasteiger partial charge >= 0.3 is 0 Å². The normalized spacial score (nSPS) is 11.0. The van der Waals surface area contributed by atoms with Gasteiger partial charge in [-0.1, -0.05) is 49.7 Å². The Morgan fingerprint density at radius 1 is 1.04 bits per heavy atom. The predicted molar refractivity (Wildman–Crippen MR) is 109 cm³/mol.